The normalized spacial score (nSPS) is 19.2. The number of halogens is 4. The van der Waals surface area contributed by atoms with Crippen molar-refractivity contribution < 1.29 is 30.7 Å². The molecular weight excluding hydrogens is 600 g/mol. The van der Waals surface area contributed by atoms with Gasteiger partial charge in [0.25, 0.3) is 5.92 Å². The molecule has 1 aliphatic heterocycles. The molecule has 14 heteroatoms. The molecule has 0 unspecified atom stereocenters. The lowest BCUT2D eigenvalue weighted by molar-refractivity contribution is 0.0217. The summed E-state index contributed by atoms with van der Waals surface area (Å²) in [4.78, 5) is 17.2. The standard InChI is InChI=1S/C30H32F4N6O3S/c1-4-30(33,34)16-44(41,42)14-23-20-6-5-18(2)26(21(20)7-8-24(23)31)43-27-22(13-36-17-38-27)25-9-10-37-28(40-25)39-19-11-29(3,32)15-35-12-19/h5-10,13,17,19,35H,4,11-12,14-16H2,1-3H3,(H,37,39,40)/t19-,29-/m0/s1. The van der Waals surface area contributed by atoms with E-state index in [1.807, 2.05) is 0 Å². The summed E-state index contributed by atoms with van der Waals surface area (Å²) < 4.78 is 89.0. The molecule has 3 heterocycles. The first-order valence-corrected chi connectivity index (χ1v) is 15.8. The number of fused-ring (bicyclic) bond motifs is 1. The van der Waals surface area contributed by atoms with E-state index in [9.17, 15) is 26.0 Å². The van der Waals surface area contributed by atoms with Crippen LogP contribution in [-0.2, 0) is 15.6 Å². The van der Waals surface area contributed by atoms with Crippen LogP contribution in [0, 0.1) is 12.7 Å². The summed E-state index contributed by atoms with van der Waals surface area (Å²) in [5.41, 5.74) is -0.152. The second-order valence-corrected chi connectivity index (χ2v) is 13.3. The number of nitrogens with one attached hydrogen (secondary N) is 2. The van der Waals surface area contributed by atoms with Gasteiger partial charge >= 0.3 is 0 Å². The quantitative estimate of drug-likeness (QED) is 0.210. The maximum atomic E-state index is 15.0. The Morgan fingerprint density at radius 1 is 1.16 bits per heavy atom. The van der Waals surface area contributed by atoms with E-state index in [2.05, 4.69) is 30.6 Å². The zero-order chi connectivity index (χ0) is 31.7. The third-order valence-corrected chi connectivity index (χ3v) is 9.00. The molecule has 0 spiro atoms. The molecule has 1 saturated heterocycles. The third-order valence-electron chi connectivity index (χ3n) is 7.41. The van der Waals surface area contributed by atoms with Crippen LogP contribution in [0.1, 0.15) is 37.8 Å². The molecule has 2 atom stereocenters. The number of aromatic nitrogens is 4. The fourth-order valence-electron chi connectivity index (χ4n) is 5.20. The number of benzene rings is 2. The highest BCUT2D eigenvalue weighted by molar-refractivity contribution is 7.90. The van der Waals surface area contributed by atoms with Crippen LogP contribution in [0.4, 0.5) is 23.5 Å². The van der Waals surface area contributed by atoms with Crippen LogP contribution in [0.2, 0.25) is 0 Å². The first-order valence-electron chi connectivity index (χ1n) is 14.0. The van der Waals surface area contributed by atoms with E-state index >= 15 is 0 Å². The number of ether oxygens (including phenoxy) is 1. The molecule has 0 bridgehead atoms. The first-order chi connectivity index (χ1) is 20.8. The number of hydrogen-bond acceptors (Lipinski definition) is 9. The molecule has 1 aliphatic rings. The van der Waals surface area contributed by atoms with E-state index in [0.29, 0.717) is 28.8 Å². The van der Waals surface area contributed by atoms with Gasteiger partial charge in [-0.1, -0.05) is 19.1 Å². The molecule has 2 aromatic heterocycles. The van der Waals surface area contributed by atoms with E-state index in [4.69, 9.17) is 4.74 Å². The largest absolute Gasteiger partial charge is 0.437 e. The predicted octanol–water partition coefficient (Wildman–Crippen LogP) is 5.79. The van der Waals surface area contributed by atoms with E-state index < -0.39 is 45.2 Å². The van der Waals surface area contributed by atoms with Crippen LogP contribution in [0.5, 0.6) is 11.6 Å². The van der Waals surface area contributed by atoms with Crippen LogP contribution in [-0.4, -0.2) is 64.8 Å². The molecule has 1 fully saturated rings. The lowest BCUT2D eigenvalue weighted by Gasteiger charge is -2.33. The van der Waals surface area contributed by atoms with Crippen molar-refractivity contribution in [2.75, 3.05) is 24.2 Å². The summed E-state index contributed by atoms with van der Waals surface area (Å²) in [7, 11) is -4.36. The van der Waals surface area contributed by atoms with Gasteiger partial charge in [-0.3, -0.25) is 0 Å². The topological polar surface area (TPSA) is 119 Å². The predicted molar refractivity (Wildman–Crippen MR) is 159 cm³/mol. The molecule has 0 amide bonds. The number of aryl methyl sites for hydroxylation is 1. The number of sulfone groups is 1. The SMILES string of the molecule is CCC(F)(F)CS(=O)(=O)Cc1c(F)ccc2c(Oc3ncncc3-c3ccnc(N[C@@H]4CNC[C@@](C)(F)C4)n3)c(C)ccc12. The highest BCUT2D eigenvalue weighted by atomic mass is 32.2. The average Bonchev–Trinajstić information content (AvgIpc) is 2.95. The molecular formula is C30H32F4N6O3S. The van der Waals surface area contributed by atoms with Gasteiger partial charge in [-0.2, -0.15) is 0 Å². The summed E-state index contributed by atoms with van der Waals surface area (Å²) in [6.07, 6.45) is 3.94. The van der Waals surface area contributed by atoms with Gasteiger partial charge in [0.2, 0.25) is 11.8 Å². The first kappa shape index (κ1) is 31.5. The van der Waals surface area contributed by atoms with Crippen molar-refractivity contribution in [3.63, 3.8) is 0 Å². The highest BCUT2D eigenvalue weighted by Gasteiger charge is 2.35. The average molecular weight is 633 g/mol. The fraction of sp³-hybridized carbons (Fsp3) is 0.400. The second kappa shape index (κ2) is 12.2. The summed E-state index contributed by atoms with van der Waals surface area (Å²) in [5.74, 6) is -5.89. The Labute approximate surface area is 252 Å². The molecule has 234 valence electrons. The van der Waals surface area contributed by atoms with E-state index in [-0.39, 0.29) is 47.5 Å². The van der Waals surface area contributed by atoms with E-state index in [1.54, 1.807) is 19.1 Å². The second-order valence-electron chi connectivity index (χ2n) is 11.3. The summed E-state index contributed by atoms with van der Waals surface area (Å²) >= 11 is 0. The molecule has 5 rings (SSSR count). The lowest BCUT2D eigenvalue weighted by atomic mass is 9.95. The van der Waals surface area contributed by atoms with Gasteiger partial charge in [-0.15, -0.1) is 0 Å². The van der Waals surface area contributed by atoms with Crippen LogP contribution < -0.4 is 15.4 Å². The van der Waals surface area contributed by atoms with Crippen LogP contribution in [0.25, 0.3) is 22.0 Å². The van der Waals surface area contributed by atoms with Gasteiger partial charge in [0, 0.05) is 55.3 Å². The minimum Gasteiger partial charge on any atom is -0.437 e. The van der Waals surface area contributed by atoms with Gasteiger partial charge in [0.05, 0.1) is 17.0 Å². The number of nitrogens with zero attached hydrogens (tertiary/aromatic N) is 4. The molecule has 4 aromatic rings. The number of piperidine rings is 1. The minimum atomic E-state index is -4.36. The van der Waals surface area contributed by atoms with Crippen molar-refractivity contribution in [1.82, 2.24) is 25.3 Å². The number of hydrogen-bond donors (Lipinski definition) is 2. The molecule has 2 N–H and O–H groups in total. The molecule has 44 heavy (non-hydrogen) atoms. The van der Waals surface area contributed by atoms with Crippen LogP contribution >= 0.6 is 0 Å². The number of rotatable bonds is 10. The van der Waals surface area contributed by atoms with Crippen molar-refractivity contribution in [3.8, 4) is 22.9 Å². The van der Waals surface area contributed by atoms with Crippen molar-refractivity contribution in [1.29, 1.82) is 0 Å². The van der Waals surface area contributed by atoms with Gasteiger partial charge in [0.15, 0.2) is 9.84 Å². The van der Waals surface area contributed by atoms with Crippen molar-refractivity contribution >= 4 is 26.6 Å². The number of anilines is 1. The van der Waals surface area contributed by atoms with Gasteiger partial charge in [0.1, 0.15) is 29.3 Å². The van der Waals surface area contributed by atoms with E-state index in [1.165, 1.54) is 44.7 Å². The monoisotopic (exact) mass is 632 g/mol. The van der Waals surface area contributed by atoms with Crippen molar-refractivity contribution in [2.45, 2.75) is 57.0 Å². The smallest absolute Gasteiger partial charge is 0.261 e. The Hall–Kier alpha value is -3.91. The Kier molecular flexibility index (Phi) is 8.76. The molecule has 0 saturated carbocycles. The summed E-state index contributed by atoms with van der Waals surface area (Å²) in [5, 5.41) is 6.79. The molecule has 0 radical (unpaired) electrons. The van der Waals surface area contributed by atoms with Gasteiger partial charge < -0.3 is 15.4 Å². The number of alkyl halides is 3. The van der Waals surface area contributed by atoms with Crippen molar-refractivity contribution in [2.24, 2.45) is 0 Å². The minimum absolute atomic E-state index is 0.108. The third kappa shape index (κ3) is 7.24. The highest BCUT2D eigenvalue weighted by Crippen LogP contribution is 2.38. The molecule has 9 nitrogen and oxygen atoms in total. The van der Waals surface area contributed by atoms with Crippen LogP contribution in [0.15, 0.2) is 49.1 Å². The Morgan fingerprint density at radius 3 is 2.68 bits per heavy atom. The zero-order valence-corrected chi connectivity index (χ0v) is 25.2. The van der Waals surface area contributed by atoms with Crippen LogP contribution in [0.3, 0.4) is 0 Å². The fourth-order valence-corrected chi connectivity index (χ4v) is 6.88. The Morgan fingerprint density at radius 2 is 1.93 bits per heavy atom. The zero-order valence-electron chi connectivity index (χ0n) is 24.4. The van der Waals surface area contributed by atoms with Crippen molar-refractivity contribution in [3.05, 3.63) is 66.0 Å². The maximum Gasteiger partial charge on any atom is 0.261 e. The maximum absolute atomic E-state index is 15.0. The van der Waals surface area contributed by atoms with E-state index in [0.717, 1.165) is 6.07 Å². The molecule has 0 aliphatic carbocycles. The Balaban J connectivity index is 1.48. The van der Waals surface area contributed by atoms with Gasteiger partial charge in [-0.25, -0.2) is 45.9 Å². The summed E-state index contributed by atoms with van der Waals surface area (Å²) in [6, 6.07) is 7.09. The van der Waals surface area contributed by atoms with Gasteiger partial charge in [-0.05, 0) is 43.0 Å². The molecule has 2 aromatic carbocycles. The lowest BCUT2D eigenvalue weighted by Crippen LogP contribution is -2.50. The Bertz CT molecular complexity index is 1790. The summed E-state index contributed by atoms with van der Waals surface area (Å²) in [6.45, 7) is 5.28.